The van der Waals surface area contributed by atoms with Crippen LogP contribution in [0.15, 0.2) is 91.0 Å². The van der Waals surface area contributed by atoms with Gasteiger partial charge in [0.1, 0.15) is 18.2 Å². The van der Waals surface area contributed by atoms with Gasteiger partial charge in [0.2, 0.25) is 11.8 Å². The minimum Gasteiger partial charge on any atom is -0.447 e. The number of carbonyl (C=O) groups is 4. The molecular weight excluding hydrogens is 723 g/mol. The summed E-state index contributed by atoms with van der Waals surface area (Å²) in [5.41, 5.74) is -0.557. The van der Waals surface area contributed by atoms with Crippen LogP contribution in [0.5, 0.6) is 0 Å². The Kier molecular flexibility index (Phi) is 11.5. The second-order valence-electron chi connectivity index (χ2n) is 15.3. The van der Waals surface area contributed by atoms with E-state index in [1.54, 1.807) is 17.9 Å². The molecule has 0 saturated carbocycles. The summed E-state index contributed by atoms with van der Waals surface area (Å²) in [6, 6.07) is 20.9. The molecule has 1 N–H and O–H groups in total. The Morgan fingerprint density at radius 3 is 2.27 bits per heavy atom. The molecule has 0 spiro atoms. The van der Waals surface area contributed by atoms with Gasteiger partial charge in [0.05, 0.1) is 24.1 Å². The molecule has 0 aliphatic carbocycles. The van der Waals surface area contributed by atoms with Crippen molar-refractivity contribution in [1.82, 2.24) is 24.9 Å². The van der Waals surface area contributed by atoms with Gasteiger partial charge in [-0.3, -0.25) is 19.3 Å². The molecule has 0 radical (unpaired) electrons. The van der Waals surface area contributed by atoms with E-state index in [0.29, 0.717) is 19.1 Å². The van der Waals surface area contributed by atoms with E-state index in [-0.39, 0.29) is 31.0 Å². The quantitative estimate of drug-likeness (QED) is 0.226. The molecule has 10 nitrogen and oxygen atoms in total. The molecule has 3 aromatic rings. The van der Waals surface area contributed by atoms with Gasteiger partial charge in [0.15, 0.2) is 0 Å². The van der Waals surface area contributed by atoms with Crippen molar-refractivity contribution in [3.63, 3.8) is 0 Å². The van der Waals surface area contributed by atoms with Crippen LogP contribution in [0.2, 0.25) is 0 Å². The summed E-state index contributed by atoms with van der Waals surface area (Å²) in [6.07, 6.45) is 3.17. The maximum Gasteiger partial charge on any atom is 0.416 e. The van der Waals surface area contributed by atoms with Crippen molar-refractivity contribution in [2.45, 2.75) is 87.9 Å². The lowest BCUT2D eigenvalue weighted by Crippen LogP contribution is -2.81. The zero-order chi connectivity index (χ0) is 39.5. The third-order valence-electron chi connectivity index (χ3n) is 11.8. The van der Waals surface area contributed by atoms with Gasteiger partial charge >= 0.3 is 12.3 Å². The van der Waals surface area contributed by atoms with Crippen LogP contribution in [0.3, 0.4) is 0 Å². The summed E-state index contributed by atoms with van der Waals surface area (Å²) >= 11 is 0. The summed E-state index contributed by atoms with van der Waals surface area (Å²) in [5.74, 6) is -1.52. The molecule has 13 heteroatoms. The SMILES string of the molecule is CC1(N2C(=O)OCC2c2ccccc2)C(=O)N(C(CC(=O)N2CCC(N3CCCCC3)CC2)C(=O)NCc2cccc(C(F)(F)F)c2)C1/C=C/c1ccccc1. The first-order chi connectivity index (χ1) is 26.9. The Labute approximate surface area is 325 Å². The minimum atomic E-state index is -4.57. The van der Waals surface area contributed by atoms with E-state index in [1.807, 2.05) is 66.7 Å². The van der Waals surface area contributed by atoms with Crippen LogP contribution in [0.1, 0.15) is 73.7 Å². The van der Waals surface area contributed by atoms with Gasteiger partial charge < -0.3 is 24.8 Å². The second kappa shape index (κ2) is 16.5. The van der Waals surface area contributed by atoms with Crippen molar-refractivity contribution in [2.24, 2.45) is 0 Å². The number of likely N-dealkylation sites (tertiary alicyclic amines) is 3. The summed E-state index contributed by atoms with van der Waals surface area (Å²) in [7, 11) is 0. The fourth-order valence-corrected chi connectivity index (χ4v) is 8.74. The van der Waals surface area contributed by atoms with Crippen LogP contribution in [-0.2, 0) is 31.8 Å². The average molecular weight is 772 g/mol. The normalized spacial score (nSPS) is 24.2. The molecule has 4 unspecified atom stereocenters. The Morgan fingerprint density at radius 2 is 1.59 bits per heavy atom. The first-order valence-electron chi connectivity index (χ1n) is 19.5. The minimum absolute atomic E-state index is 0.0214. The highest BCUT2D eigenvalue weighted by atomic mass is 19.4. The third kappa shape index (κ3) is 8.05. The lowest BCUT2D eigenvalue weighted by Gasteiger charge is -2.59. The molecule has 296 valence electrons. The highest BCUT2D eigenvalue weighted by Gasteiger charge is 2.66. The first kappa shape index (κ1) is 39.1. The molecule has 0 bridgehead atoms. The number of benzene rings is 3. The topological polar surface area (TPSA) is 102 Å². The van der Waals surface area contributed by atoms with Gasteiger partial charge in [0, 0.05) is 25.7 Å². The van der Waals surface area contributed by atoms with Crippen molar-refractivity contribution in [3.05, 3.63) is 113 Å². The highest BCUT2D eigenvalue weighted by Crippen LogP contribution is 2.46. The van der Waals surface area contributed by atoms with Gasteiger partial charge in [0.25, 0.3) is 5.91 Å². The summed E-state index contributed by atoms with van der Waals surface area (Å²) in [5, 5.41) is 2.73. The molecule has 56 heavy (non-hydrogen) atoms. The second-order valence-corrected chi connectivity index (χ2v) is 15.3. The van der Waals surface area contributed by atoms with Crippen LogP contribution in [0, 0.1) is 0 Å². The Balaban J connectivity index is 1.19. The molecule has 4 fully saturated rings. The third-order valence-corrected chi connectivity index (χ3v) is 11.8. The number of rotatable bonds is 11. The number of alkyl halides is 3. The largest absolute Gasteiger partial charge is 0.447 e. The number of ether oxygens (including phenoxy) is 1. The predicted octanol–water partition coefficient (Wildman–Crippen LogP) is 6.43. The van der Waals surface area contributed by atoms with Crippen LogP contribution < -0.4 is 5.32 Å². The molecule has 4 atom stereocenters. The standard InChI is InChI=1S/C43H48F3N5O5/c1-42(51-36(29-56-41(51)55)32-15-7-3-8-16-32)37(19-18-30-12-5-2-6-13-30)50(40(42)54)35(39(53)47-28-31-14-11-17-33(26-31)43(44,45)46)27-38(52)49-24-20-34(21-25-49)48-22-9-4-10-23-48/h2-3,5-8,11-19,26,34-37H,4,9-10,20-25,27-29H2,1H3,(H,47,53)/b19-18+. The Bertz CT molecular complexity index is 1910. The zero-order valence-corrected chi connectivity index (χ0v) is 31.5. The van der Waals surface area contributed by atoms with E-state index >= 15 is 0 Å². The summed E-state index contributed by atoms with van der Waals surface area (Å²) in [4.78, 5) is 63.8. The smallest absolute Gasteiger partial charge is 0.416 e. The van der Waals surface area contributed by atoms with Gasteiger partial charge in [-0.15, -0.1) is 0 Å². The summed E-state index contributed by atoms with van der Waals surface area (Å²) < 4.78 is 46.1. The van der Waals surface area contributed by atoms with Gasteiger partial charge in [-0.25, -0.2) is 4.79 Å². The monoisotopic (exact) mass is 771 g/mol. The number of nitrogens with zero attached hydrogens (tertiary/aromatic N) is 4. The van der Waals surface area contributed by atoms with Crippen molar-refractivity contribution in [3.8, 4) is 0 Å². The van der Waals surface area contributed by atoms with E-state index in [9.17, 15) is 32.3 Å². The number of halogens is 3. The molecule has 4 saturated heterocycles. The molecule has 4 amide bonds. The van der Waals surface area contributed by atoms with E-state index in [0.717, 1.165) is 49.2 Å². The predicted molar refractivity (Wildman–Crippen MR) is 204 cm³/mol. The van der Waals surface area contributed by atoms with Gasteiger partial charge in [-0.05, 0) is 74.5 Å². The van der Waals surface area contributed by atoms with Crippen molar-refractivity contribution in [2.75, 3.05) is 32.8 Å². The van der Waals surface area contributed by atoms with E-state index < -0.39 is 53.3 Å². The Hall–Kier alpha value is -5.17. The molecule has 4 heterocycles. The molecule has 4 aliphatic heterocycles. The molecule has 0 aromatic heterocycles. The number of β-lactam (4-membered cyclic amide) rings is 1. The zero-order valence-electron chi connectivity index (χ0n) is 31.5. The van der Waals surface area contributed by atoms with Crippen molar-refractivity contribution >= 4 is 29.9 Å². The first-order valence-corrected chi connectivity index (χ1v) is 19.5. The molecular formula is C43H48F3N5O5. The maximum absolute atomic E-state index is 14.8. The fourth-order valence-electron chi connectivity index (χ4n) is 8.74. The molecule has 4 aliphatic rings. The number of nitrogens with one attached hydrogen (secondary N) is 1. The fraction of sp³-hybridized carbons (Fsp3) is 0.442. The van der Waals surface area contributed by atoms with Crippen molar-refractivity contribution in [1.29, 1.82) is 0 Å². The van der Waals surface area contributed by atoms with Crippen molar-refractivity contribution < 1.29 is 37.1 Å². The van der Waals surface area contributed by atoms with Crippen LogP contribution in [-0.4, -0.2) is 99.9 Å². The maximum atomic E-state index is 14.8. The lowest BCUT2D eigenvalue weighted by atomic mass is 9.75. The van der Waals surface area contributed by atoms with Gasteiger partial charge in [-0.1, -0.05) is 91.4 Å². The van der Waals surface area contributed by atoms with E-state index in [4.69, 9.17) is 4.74 Å². The number of amides is 4. The van der Waals surface area contributed by atoms with Crippen LogP contribution in [0.4, 0.5) is 18.0 Å². The average Bonchev–Trinajstić information content (AvgIpc) is 3.62. The number of piperidine rings is 2. The number of cyclic esters (lactones) is 1. The van der Waals surface area contributed by atoms with E-state index in [2.05, 4.69) is 10.2 Å². The van der Waals surface area contributed by atoms with Gasteiger partial charge in [-0.2, -0.15) is 13.2 Å². The van der Waals surface area contributed by atoms with Crippen LogP contribution in [0.25, 0.3) is 6.08 Å². The summed E-state index contributed by atoms with van der Waals surface area (Å²) in [6.45, 7) is 4.55. The molecule has 3 aromatic carbocycles. The highest BCUT2D eigenvalue weighted by molar-refractivity contribution is 6.02. The number of carbonyl (C=O) groups excluding carboxylic acids is 4. The number of hydrogen-bond acceptors (Lipinski definition) is 6. The molecule has 7 rings (SSSR count). The Morgan fingerprint density at radius 1 is 0.911 bits per heavy atom. The number of hydrogen-bond donors (Lipinski definition) is 1. The van der Waals surface area contributed by atoms with E-state index in [1.165, 1.54) is 41.2 Å². The van der Waals surface area contributed by atoms with Crippen LogP contribution >= 0.6 is 0 Å². The lowest BCUT2D eigenvalue weighted by molar-refractivity contribution is -0.176.